The van der Waals surface area contributed by atoms with Crippen LogP contribution in [0, 0.1) is 0 Å². The maximum atomic E-state index is 11.5. The fourth-order valence-electron chi connectivity index (χ4n) is 1.38. The third-order valence-electron chi connectivity index (χ3n) is 2.32. The Hall–Kier alpha value is -1.87. The highest BCUT2D eigenvalue weighted by Crippen LogP contribution is 2.29. The number of hydrogen-bond donors (Lipinski definition) is 1. The van der Waals surface area contributed by atoms with Gasteiger partial charge in [0.2, 0.25) is 0 Å². The molecule has 0 saturated heterocycles. The number of hydrogen-bond acceptors (Lipinski definition) is 6. The zero-order chi connectivity index (χ0) is 14.0. The Bertz CT molecular complexity index is 723. The minimum atomic E-state index is -3.29. The van der Waals surface area contributed by atoms with Crippen LogP contribution in [0.4, 0.5) is 9.80 Å². The molecule has 0 spiro atoms. The van der Waals surface area contributed by atoms with Gasteiger partial charge in [0.25, 0.3) is 0 Å². The summed E-state index contributed by atoms with van der Waals surface area (Å²) in [6.07, 6.45) is 1.13. The van der Waals surface area contributed by atoms with Gasteiger partial charge in [0.05, 0.1) is 10.4 Å². The summed E-state index contributed by atoms with van der Waals surface area (Å²) >= 11 is 1.09. The number of fused-ring (bicyclic) bond motifs is 1. The summed E-state index contributed by atoms with van der Waals surface area (Å²) in [5, 5.41) is 4.44. The van der Waals surface area contributed by atoms with Crippen LogP contribution in [-0.2, 0) is 9.84 Å². The van der Waals surface area contributed by atoms with Crippen molar-refractivity contribution in [1.29, 1.82) is 0 Å². The maximum Gasteiger partial charge on any atom is 0.378 e. The van der Waals surface area contributed by atoms with E-state index in [1.807, 2.05) is 0 Å². The van der Waals surface area contributed by atoms with Crippen molar-refractivity contribution in [3.8, 4) is 0 Å². The maximum absolute atomic E-state index is 11.5. The Kier molecular flexibility index (Phi) is 3.58. The van der Waals surface area contributed by atoms with Gasteiger partial charge in [-0.1, -0.05) is 0 Å². The predicted octanol–water partition coefficient (Wildman–Crippen LogP) is 0.985. The van der Waals surface area contributed by atoms with Gasteiger partial charge in [-0.05, 0) is 29.7 Å². The van der Waals surface area contributed by atoms with E-state index < -0.39 is 15.9 Å². The zero-order valence-electron chi connectivity index (χ0n) is 10.1. The molecule has 9 heteroatoms. The van der Waals surface area contributed by atoms with Crippen LogP contribution < -0.4 is 16.2 Å². The van der Waals surface area contributed by atoms with Crippen LogP contribution in [-0.4, -0.2) is 32.1 Å². The molecule has 100 valence electrons. The molecule has 19 heavy (non-hydrogen) atoms. The number of benzene rings is 1. The van der Waals surface area contributed by atoms with Crippen molar-refractivity contribution in [3.05, 3.63) is 18.2 Å². The Morgan fingerprint density at radius 2 is 2.16 bits per heavy atom. The van der Waals surface area contributed by atoms with Crippen molar-refractivity contribution < 1.29 is 13.2 Å². The van der Waals surface area contributed by atoms with Crippen molar-refractivity contribution in [3.63, 3.8) is 0 Å². The molecule has 7 nitrogen and oxygen atoms in total. The highest BCUT2D eigenvalue weighted by molar-refractivity contribution is 7.90. The van der Waals surface area contributed by atoms with Gasteiger partial charge in [-0.2, -0.15) is 4.37 Å². The van der Waals surface area contributed by atoms with Crippen molar-refractivity contribution in [2.45, 2.75) is 4.90 Å². The summed E-state index contributed by atoms with van der Waals surface area (Å²) in [5.74, 6) is 0. The van der Waals surface area contributed by atoms with Crippen molar-refractivity contribution >= 4 is 43.3 Å². The van der Waals surface area contributed by atoms with E-state index in [0.717, 1.165) is 17.8 Å². The first-order valence-electron chi connectivity index (χ1n) is 5.12. The van der Waals surface area contributed by atoms with Crippen LogP contribution in [0.15, 0.2) is 23.1 Å². The molecule has 1 aromatic heterocycles. The molecule has 0 aliphatic heterocycles. The van der Waals surface area contributed by atoms with Crippen LogP contribution >= 0.6 is 11.5 Å². The van der Waals surface area contributed by atoms with Gasteiger partial charge in [0.1, 0.15) is 5.00 Å². The molecule has 2 rings (SSSR count). The van der Waals surface area contributed by atoms with Crippen LogP contribution in [0.5, 0.6) is 0 Å². The smallest absolute Gasteiger partial charge is 0.261 e. The van der Waals surface area contributed by atoms with Crippen molar-refractivity contribution in [2.24, 2.45) is 0 Å². The Balaban J connectivity index is 2.38. The zero-order valence-corrected chi connectivity index (χ0v) is 11.7. The van der Waals surface area contributed by atoms with E-state index >= 15 is 0 Å². The van der Waals surface area contributed by atoms with E-state index in [1.54, 1.807) is 6.07 Å². The van der Waals surface area contributed by atoms with Crippen LogP contribution in [0.1, 0.15) is 0 Å². The third-order valence-corrected chi connectivity index (χ3v) is 4.21. The summed E-state index contributed by atoms with van der Waals surface area (Å²) in [7, 11) is -1.96. The lowest BCUT2D eigenvalue weighted by molar-refractivity contribution is 0.243. The molecular weight excluding hydrogens is 288 g/mol. The normalized spacial score (nSPS) is 11.3. The fraction of sp³-hybridized carbons (Fsp3) is 0.200. The monoisotopic (exact) mass is 298 g/mol. The number of anilines is 1. The molecule has 1 N–H and O–H groups in total. The number of nitrogens with zero attached hydrogens (tertiary/aromatic N) is 3. The second-order valence-corrected chi connectivity index (χ2v) is 6.48. The number of nitrogens with one attached hydrogen (secondary N) is 1. The lowest BCUT2D eigenvalue weighted by atomic mass is 10.2. The van der Waals surface area contributed by atoms with Gasteiger partial charge in [0, 0.05) is 18.7 Å². The number of rotatable bonds is 3. The molecule has 2 radical (unpaired) electrons. The molecule has 0 saturated carbocycles. The van der Waals surface area contributed by atoms with Gasteiger partial charge in [-0.15, -0.1) is 5.43 Å². The number of amides is 2. The van der Waals surface area contributed by atoms with Gasteiger partial charge < -0.3 is 0 Å². The van der Waals surface area contributed by atoms with Gasteiger partial charge >= 0.3 is 6.03 Å². The first kappa shape index (κ1) is 13.6. The minimum Gasteiger partial charge on any atom is -0.261 e. The average Bonchev–Trinajstić information content (AvgIpc) is 2.77. The average molecular weight is 298 g/mol. The molecule has 1 heterocycles. The number of carbonyl (C=O) groups is 1. The van der Waals surface area contributed by atoms with E-state index in [4.69, 9.17) is 0 Å². The van der Waals surface area contributed by atoms with E-state index in [0.29, 0.717) is 15.9 Å². The largest absolute Gasteiger partial charge is 0.378 e. The molecule has 0 unspecified atom stereocenters. The van der Waals surface area contributed by atoms with Crippen LogP contribution in [0.2, 0.25) is 0 Å². The van der Waals surface area contributed by atoms with Crippen molar-refractivity contribution in [2.75, 3.05) is 18.7 Å². The van der Waals surface area contributed by atoms with Gasteiger partial charge in [-0.3, -0.25) is 5.43 Å². The predicted molar refractivity (Wildman–Crippen MR) is 71.9 cm³/mol. The number of aromatic nitrogens is 1. The SMILES string of the molecule is C[N]C(=O)[N]Nc1snc2ccc(S(C)(=O)=O)cc12. The molecule has 0 fully saturated rings. The summed E-state index contributed by atoms with van der Waals surface area (Å²) in [5.41, 5.74) is 6.67. The molecule has 2 amide bonds. The van der Waals surface area contributed by atoms with Crippen LogP contribution in [0.25, 0.3) is 10.9 Å². The summed E-state index contributed by atoms with van der Waals surface area (Å²) in [4.78, 5) is 11.2. The molecule has 0 aliphatic carbocycles. The first-order valence-corrected chi connectivity index (χ1v) is 7.78. The van der Waals surface area contributed by atoms with Crippen LogP contribution in [0.3, 0.4) is 0 Å². The first-order chi connectivity index (χ1) is 8.91. The summed E-state index contributed by atoms with van der Waals surface area (Å²) in [6.45, 7) is 0. The highest BCUT2D eigenvalue weighted by Gasteiger charge is 2.13. The minimum absolute atomic E-state index is 0.190. The summed E-state index contributed by atoms with van der Waals surface area (Å²) in [6, 6.07) is 3.95. The Labute approximate surface area is 114 Å². The highest BCUT2D eigenvalue weighted by atomic mass is 32.2. The lowest BCUT2D eigenvalue weighted by Gasteiger charge is -2.02. The second kappa shape index (κ2) is 5.02. The fourth-order valence-corrected chi connectivity index (χ4v) is 2.72. The van der Waals surface area contributed by atoms with E-state index in [2.05, 4.69) is 20.5 Å². The van der Waals surface area contributed by atoms with E-state index in [1.165, 1.54) is 19.2 Å². The summed E-state index contributed by atoms with van der Waals surface area (Å²) < 4.78 is 27.1. The molecule has 0 aliphatic rings. The topological polar surface area (TPSA) is 104 Å². The molecule has 1 aromatic carbocycles. The second-order valence-electron chi connectivity index (χ2n) is 3.69. The standard InChI is InChI=1S/C10H10N4O3S2/c1-11-10(15)13-12-9-7-5-6(19(2,16)17)3-4-8(7)14-18-9/h3-5,12H,1-2H3. The number of sulfone groups is 1. The van der Waals surface area contributed by atoms with E-state index in [9.17, 15) is 13.2 Å². The van der Waals surface area contributed by atoms with Gasteiger partial charge in [-0.25, -0.2) is 18.5 Å². The van der Waals surface area contributed by atoms with E-state index in [-0.39, 0.29) is 4.90 Å². The molecular formula is C10H10N4O3S2. The molecule has 0 atom stereocenters. The molecule has 2 aromatic rings. The Morgan fingerprint density at radius 3 is 2.79 bits per heavy atom. The van der Waals surface area contributed by atoms with Crippen molar-refractivity contribution in [1.82, 2.24) is 15.1 Å². The number of urea groups is 1. The number of carbonyl (C=O) groups excluding carboxylic acids is 1. The Morgan fingerprint density at radius 1 is 1.42 bits per heavy atom. The molecule has 0 bridgehead atoms. The van der Waals surface area contributed by atoms with Gasteiger partial charge in [0.15, 0.2) is 9.84 Å². The third kappa shape index (κ3) is 2.93. The lowest BCUT2D eigenvalue weighted by Crippen LogP contribution is -2.25. The quantitative estimate of drug-likeness (QED) is 0.851.